The van der Waals surface area contributed by atoms with Gasteiger partial charge in [0.15, 0.2) is 0 Å². The number of thioether (sulfide) groups is 1. The van der Waals surface area contributed by atoms with Gasteiger partial charge < -0.3 is 14.8 Å². The molecule has 128 valence electrons. The van der Waals surface area contributed by atoms with Gasteiger partial charge in [-0.2, -0.15) is 11.8 Å². The van der Waals surface area contributed by atoms with E-state index in [0.29, 0.717) is 30.3 Å². The van der Waals surface area contributed by atoms with Crippen molar-refractivity contribution < 1.29 is 4.79 Å². The molecule has 6 heteroatoms. The van der Waals surface area contributed by atoms with Crippen molar-refractivity contribution in [3.63, 3.8) is 0 Å². The molecule has 1 aliphatic carbocycles. The Morgan fingerprint density at radius 3 is 2.96 bits per heavy atom. The van der Waals surface area contributed by atoms with E-state index < -0.39 is 0 Å². The predicted molar refractivity (Wildman–Crippen MR) is 94.3 cm³/mol. The van der Waals surface area contributed by atoms with E-state index in [2.05, 4.69) is 21.5 Å². The highest BCUT2D eigenvalue weighted by molar-refractivity contribution is 7.98. The van der Waals surface area contributed by atoms with Gasteiger partial charge in [-0.1, -0.05) is 0 Å². The van der Waals surface area contributed by atoms with E-state index in [1.54, 1.807) is 0 Å². The second-order valence-electron chi connectivity index (χ2n) is 6.90. The summed E-state index contributed by atoms with van der Waals surface area (Å²) in [5, 5.41) is 3.44. The van der Waals surface area contributed by atoms with E-state index in [9.17, 15) is 4.79 Å². The first-order valence-electron chi connectivity index (χ1n) is 8.62. The largest absolute Gasteiger partial charge is 0.337 e. The standard InChI is InChI=1S/C17H28N4OS/c1-20-10-9-19-15(20)13-21(16(22)4-3-11-23-2)14-12-17(14)5-7-18-8-6-17/h9-10,14,18H,3-8,11-13H2,1-2H3. The van der Waals surface area contributed by atoms with Crippen LogP contribution in [0.25, 0.3) is 0 Å². The minimum absolute atomic E-state index is 0.308. The Bertz CT molecular complexity index is 538. The molecular formula is C17H28N4OS. The minimum atomic E-state index is 0.308. The zero-order chi connectivity index (χ0) is 16.3. The van der Waals surface area contributed by atoms with Gasteiger partial charge in [-0.25, -0.2) is 4.98 Å². The summed E-state index contributed by atoms with van der Waals surface area (Å²) in [4.78, 5) is 19.4. The van der Waals surface area contributed by atoms with E-state index in [-0.39, 0.29) is 0 Å². The first-order valence-corrected chi connectivity index (χ1v) is 10.0. The fraction of sp³-hybridized carbons (Fsp3) is 0.765. The second-order valence-corrected chi connectivity index (χ2v) is 7.89. The minimum Gasteiger partial charge on any atom is -0.337 e. The average Bonchev–Trinajstić information content (AvgIpc) is 3.06. The van der Waals surface area contributed by atoms with Crippen molar-refractivity contribution in [3.05, 3.63) is 18.2 Å². The maximum atomic E-state index is 12.8. The van der Waals surface area contributed by atoms with Gasteiger partial charge in [0.25, 0.3) is 0 Å². The highest BCUT2D eigenvalue weighted by Crippen LogP contribution is 2.56. The summed E-state index contributed by atoms with van der Waals surface area (Å²) in [5.41, 5.74) is 0.381. The fourth-order valence-corrected chi connectivity index (χ4v) is 4.25. The van der Waals surface area contributed by atoms with Crippen LogP contribution in [-0.4, -0.2) is 51.5 Å². The lowest BCUT2D eigenvalue weighted by atomic mass is 9.93. The Morgan fingerprint density at radius 2 is 2.30 bits per heavy atom. The Kier molecular flexibility index (Phi) is 5.31. The topological polar surface area (TPSA) is 50.2 Å². The summed E-state index contributed by atoms with van der Waals surface area (Å²) in [6.45, 7) is 2.84. The number of rotatable bonds is 7. The zero-order valence-corrected chi connectivity index (χ0v) is 15.1. The van der Waals surface area contributed by atoms with Crippen LogP contribution in [0.2, 0.25) is 0 Å². The summed E-state index contributed by atoms with van der Waals surface area (Å²) in [6.07, 6.45) is 11.1. The molecule has 1 amide bonds. The molecule has 5 nitrogen and oxygen atoms in total. The van der Waals surface area contributed by atoms with Gasteiger partial charge in [0.2, 0.25) is 5.91 Å². The van der Waals surface area contributed by atoms with Gasteiger partial charge in [0, 0.05) is 31.9 Å². The first kappa shape index (κ1) is 16.8. The van der Waals surface area contributed by atoms with Crippen LogP contribution in [0.15, 0.2) is 12.4 Å². The van der Waals surface area contributed by atoms with Crippen LogP contribution in [0.3, 0.4) is 0 Å². The van der Waals surface area contributed by atoms with Crippen molar-refractivity contribution in [1.29, 1.82) is 0 Å². The third kappa shape index (κ3) is 3.74. The van der Waals surface area contributed by atoms with Gasteiger partial charge in [-0.05, 0) is 56.2 Å². The van der Waals surface area contributed by atoms with E-state index in [4.69, 9.17) is 0 Å². The molecule has 1 aromatic rings. The highest BCUT2D eigenvalue weighted by Gasteiger charge is 2.57. The fourth-order valence-electron chi connectivity index (χ4n) is 3.81. The molecule has 2 fully saturated rings. The van der Waals surface area contributed by atoms with Crippen LogP contribution in [0.5, 0.6) is 0 Å². The van der Waals surface area contributed by atoms with E-state index in [0.717, 1.165) is 31.1 Å². The number of amides is 1. The number of aryl methyl sites for hydroxylation is 1. The molecule has 0 radical (unpaired) electrons. The maximum Gasteiger partial charge on any atom is 0.223 e. The number of carbonyl (C=O) groups excluding carboxylic acids is 1. The molecule has 1 aromatic heterocycles. The molecule has 3 rings (SSSR count). The molecule has 2 aliphatic rings. The molecule has 1 atom stereocenters. The monoisotopic (exact) mass is 336 g/mol. The van der Waals surface area contributed by atoms with Gasteiger partial charge in [-0.15, -0.1) is 0 Å². The Hall–Kier alpha value is -1.01. The number of piperidine rings is 1. The molecule has 1 saturated heterocycles. The van der Waals surface area contributed by atoms with Gasteiger partial charge in [-0.3, -0.25) is 4.79 Å². The molecule has 0 bridgehead atoms. The molecular weight excluding hydrogens is 308 g/mol. The van der Waals surface area contributed by atoms with Crippen molar-refractivity contribution in [1.82, 2.24) is 19.8 Å². The van der Waals surface area contributed by atoms with Crippen molar-refractivity contribution in [2.24, 2.45) is 12.5 Å². The van der Waals surface area contributed by atoms with Gasteiger partial charge >= 0.3 is 0 Å². The van der Waals surface area contributed by atoms with Crippen LogP contribution >= 0.6 is 11.8 Å². The number of carbonyl (C=O) groups is 1. The van der Waals surface area contributed by atoms with Crippen molar-refractivity contribution >= 4 is 17.7 Å². The second kappa shape index (κ2) is 7.26. The van der Waals surface area contributed by atoms with Crippen LogP contribution in [0.1, 0.15) is 37.9 Å². The van der Waals surface area contributed by atoms with Crippen LogP contribution in [0.4, 0.5) is 0 Å². The van der Waals surface area contributed by atoms with E-state index >= 15 is 0 Å². The van der Waals surface area contributed by atoms with Crippen molar-refractivity contribution in [2.75, 3.05) is 25.1 Å². The number of hydrogen-bond acceptors (Lipinski definition) is 4. The highest BCUT2D eigenvalue weighted by atomic mass is 32.2. The number of nitrogens with one attached hydrogen (secondary N) is 1. The van der Waals surface area contributed by atoms with E-state index in [1.165, 1.54) is 19.3 Å². The number of hydrogen-bond donors (Lipinski definition) is 1. The van der Waals surface area contributed by atoms with Crippen molar-refractivity contribution in [3.8, 4) is 0 Å². The van der Waals surface area contributed by atoms with Crippen LogP contribution in [-0.2, 0) is 18.4 Å². The number of imidazole rings is 1. The lowest BCUT2D eigenvalue weighted by molar-refractivity contribution is -0.133. The third-order valence-corrected chi connectivity index (χ3v) is 6.11. The third-order valence-electron chi connectivity index (χ3n) is 5.41. The summed E-state index contributed by atoms with van der Waals surface area (Å²) in [6, 6.07) is 0.420. The first-order chi connectivity index (χ1) is 11.2. The van der Waals surface area contributed by atoms with Crippen LogP contribution < -0.4 is 5.32 Å². The molecule has 1 aliphatic heterocycles. The molecule has 1 saturated carbocycles. The number of aromatic nitrogens is 2. The van der Waals surface area contributed by atoms with Gasteiger partial charge in [0.05, 0.1) is 6.54 Å². The lowest BCUT2D eigenvalue weighted by Gasteiger charge is -2.29. The van der Waals surface area contributed by atoms with Crippen LogP contribution in [0, 0.1) is 5.41 Å². The Labute approximate surface area is 143 Å². The average molecular weight is 337 g/mol. The molecule has 1 unspecified atom stereocenters. The summed E-state index contributed by atoms with van der Waals surface area (Å²) < 4.78 is 2.03. The van der Waals surface area contributed by atoms with E-state index in [1.807, 2.05) is 35.8 Å². The molecule has 1 spiro atoms. The molecule has 23 heavy (non-hydrogen) atoms. The van der Waals surface area contributed by atoms with Gasteiger partial charge in [0.1, 0.15) is 5.82 Å². The summed E-state index contributed by atoms with van der Waals surface area (Å²) in [7, 11) is 2.01. The summed E-state index contributed by atoms with van der Waals surface area (Å²) in [5.74, 6) is 2.35. The number of nitrogens with zero attached hydrogens (tertiary/aromatic N) is 3. The molecule has 0 aromatic carbocycles. The zero-order valence-electron chi connectivity index (χ0n) is 14.3. The molecule has 2 heterocycles. The predicted octanol–water partition coefficient (Wildman–Crippen LogP) is 2.03. The molecule has 1 N–H and O–H groups in total. The SMILES string of the molecule is CSCCCC(=O)N(Cc1nccn1C)C1CC12CCNCC2. The Morgan fingerprint density at radius 1 is 1.52 bits per heavy atom. The lowest BCUT2D eigenvalue weighted by Crippen LogP contribution is -2.39. The summed E-state index contributed by atoms with van der Waals surface area (Å²) >= 11 is 1.81. The van der Waals surface area contributed by atoms with Crippen molar-refractivity contribution in [2.45, 2.75) is 44.7 Å². The smallest absolute Gasteiger partial charge is 0.223 e. The Balaban J connectivity index is 1.69. The maximum absolute atomic E-state index is 12.8. The quantitative estimate of drug-likeness (QED) is 0.774. The normalized spacial score (nSPS) is 22.3.